The van der Waals surface area contributed by atoms with Gasteiger partial charge in [0.2, 0.25) is 5.69 Å². The highest BCUT2D eigenvalue weighted by atomic mass is 19.4. The molecule has 33 heavy (non-hydrogen) atoms. The minimum absolute atomic E-state index is 0.0776. The van der Waals surface area contributed by atoms with E-state index in [1.54, 1.807) is 30.3 Å². The van der Waals surface area contributed by atoms with Crippen LogP contribution in [0, 0.1) is 0 Å². The van der Waals surface area contributed by atoms with Crippen LogP contribution in [0.4, 0.5) is 13.2 Å². The van der Waals surface area contributed by atoms with E-state index in [1.165, 1.54) is 12.1 Å². The Bertz CT molecular complexity index is 1250. The highest BCUT2D eigenvalue weighted by molar-refractivity contribution is 5.91. The molecule has 8 nitrogen and oxygen atoms in total. The van der Waals surface area contributed by atoms with Crippen LogP contribution in [0.3, 0.4) is 0 Å². The lowest BCUT2D eigenvalue weighted by Crippen LogP contribution is -2.46. The SMILES string of the molecule is CN(C)CCNC(=O)c1nn(-c2ccccc2)c(=O)n(Cc2cccc(C(F)(F)F)c2)c1=O. The number of carbonyl (C=O) groups excluding carboxylic acids is 1. The quantitative estimate of drug-likeness (QED) is 0.579. The fraction of sp³-hybridized carbons (Fsp3) is 0.273. The Morgan fingerprint density at radius 3 is 2.39 bits per heavy atom. The first-order valence-electron chi connectivity index (χ1n) is 9.96. The fourth-order valence-electron chi connectivity index (χ4n) is 3.04. The van der Waals surface area contributed by atoms with Gasteiger partial charge in [-0.2, -0.15) is 23.0 Å². The summed E-state index contributed by atoms with van der Waals surface area (Å²) < 4.78 is 40.9. The lowest BCUT2D eigenvalue weighted by atomic mass is 10.1. The van der Waals surface area contributed by atoms with E-state index in [2.05, 4.69) is 10.4 Å². The van der Waals surface area contributed by atoms with E-state index >= 15 is 0 Å². The first kappa shape index (κ1) is 23.9. The third-order valence-corrected chi connectivity index (χ3v) is 4.72. The molecule has 2 aromatic carbocycles. The zero-order valence-electron chi connectivity index (χ0n) is 18.0. The molecule has 1 amide bonds. The van der Waals surface area contributed by atoms with Crippen molar-refractivity contribution >= 4 is 5.91 Å². The number of carbonyl (C=O) groups is 1. The zero-order valence-corrected chi connectivity index (χ0v) is 18.0. The van der Waals surface area contributed by atoms with Gasteiger partial charge in [-0.15, -0.1) is 0 Å². The molecule has 0 spiro atoms. The summed E-state index contributed by atoms with van der Waals surface area (Å²) in [4.78, 5) is 40.5. The molecule has 1 N–H and O–H groups in total. The van der Waals surface area contributed by atoms with Crippen LogP contribution < -0.4 is 16.6 Å². The van der Waals surface area contributed by atoms with Crippen molar-refractivity contribution < 1.29 is 18.0 Å². The molecular weight excluding hydrogens is 439 g/mol. The van der Waals surface area contributed by atoms with E-state index in [0.717, 1.165) is 16.8 Å². The highest BCUT2D eigenvalue weighted by Crippen LogP contribution is 2.29. The summed E-state index contributed by atoms with van der Waals surface area (Å²) >= 11 is 0. The summed E-state index contributed by atoms with van der Waals surface area (Å²) in [6.07, 6.45) is -4.58. The van der Waals surface area contributed by atoms with Crippen molar-refractivity contribution in [3.05, 3.63) is 92.3 Å². The van der Waals surface area contributed by atoms with Crippen LogP contribution in [0.15, 0.2) is 64.2 Å². The molecule has 0 fully saturated rings. The smallest absolute Gasteiger partial charge is 0.349 e. The number of likely N-dealkylation sites (N-methyl/N-ethyl adjacent to an activating group) is 1. The Kier molecular flexibility index (Phi) is 7.12. The third-order valence-electron chi connectivity index (χ3n) is 4.72. The van der Waals surface area contributed by atoms with E-state index in [4.69, 9.17) is 0 Å². The fourth-order valence-corrected chi connectivity index (χ4v) is 3.04. The second-order valence-electron chi connectivity index (χ2n) is 7.53. The van der Waals surface area contributed by atoms with Gasteiger partial charge in [0.15, 0.2) is 0 Å². The molecule has 0 aliphatic carbocycles. The number of nitrogens with one attached hydrogen (secondary N) is 1. The van der Waals surface area contributed by atoms with Crippen molar-refractivity contribution in [3.63, 3.8) is 0 Å². The third kappa shape index (κ3) is 5.75. The molecule has 11 heteroatoms. The number of alkyl halides is 3. The van der Waals surface area contributed by atoms with Crippen LogP contribution >= 0.6 is 0 Å². The van der Waals surface area contributed by atoms with Crippen LogP contribution in [0.25, 0.3) is 5.69 Å². The van der Waals surface area contributed by atoms with Gasteiger partial charge in [-0.05, 0) is 43.9 Å². The number of nitrogens with zero attached hydrogens (tertiary/aromatic N) is 4. The van der Waals surface area contributed by atoms with Gasteiger partial charge in [0, 0.05) is 13.1 Å². The maximum atomic E-state index is 13.1. The molecule has 0 saturated heterocycles. The van der Waals surface area contributed by atoms with Crippen molar-refractivity contribution in [3.8, 4) is 5.69 Å². The second kappa shape index (κ2) is 9.82. The largest absolute Gasteiger partial charge is 0.416 e. The Morgan fingerprint density at radius 2 is 1.76 bits per heavy atom. The van der Waals surface area contributed by atoms with E-state index in [-0.39, 0.29) is 12.1 Å². The van der Waals surface area contributed by atoms with Gasteiger partial charge in [0.25, 0.3) is 11.5 Å². The first-order valence-corrected chi connectivity index (χ1v) is 9.96. The summed E-state index contributed by atoms with van der Waals surface area (Å²) in [6.45, 7) is 0.266. The summed E-state index contributed by atoms with van der Waals surface area (Å²) in [7, 11) is 3.62. The topological polar surface area (TPSA) is 89.2 Å². The van der Waals surface area contributed by atoms with Crippen LogP contribution in [0.2, 0.25) is 0 Å². The van der Waals surface area contributed by atoms with Crippen LogP contribution in [-0.4, -0.2) is 52.3 Å². The molecule has 1 heterocycles. The predicted octanol–water partition coefficient (Wildman–Crippen LogP) is 1.75. The molecule has 0 atom stereocenters. The number of benzene rings is 2. The number of hydrogen-bond acceptors (Lipinski definition) is 5. The lowest BCUT2D eigenvalue weighted by Gasteiger charge is -2.14. The molecule has 0 aliphatic heterocycles. The van der Waals surface area contributed by atoms with E-state index < -0.39 is 41.1 Å². The van der Waals surface area contributed by atoms with Gasteiger partial charge in [-0.25, -0.2) is 4.79 Å². The number of halogens is 3. The zero-order chi connectivity index (χ0) is 24.2. The average molecular weight is 461 g/mol. The molecular formula is C22H22F3N5O3. The predicted molar refractivity (Wildman–Crippen MR) is 116 cm³/mol. The average Bonchev–Trinajstić information content (AvgIpc) is 2.76. The van der Waals surface area contributed by atoms with Crippen molar-refractivity contribution in [2.45, 2.75) is 12.7 Å². The summed E-state index contributed by atoms with van der Waals surface area (Å²) in [6, 6.07) is 12.4. The normalized spacial score (nSPS) is 11.6. The molecule has 1 aromatic heterocycles. The van der Waals surface area contributed by atoms with E-state index in [9.17, 15) is 27.6 Å². The lowest BCUT2D eigenvalue weighted by molar-refractivity contribution is -0.137. The van der Waals surface area contributed by atoms with E-state index in [1.807, 2.05) is 19.0 Å². The summed E-state index contributed by atoms with van der Waals surface area (Å²) in [5, 5.41) is 6.53. The molecule has 0 unspecified atom stereocenters. The maximum Gasteiger partial charge on any atom is 0.416 e. The van der Waals surface area contributed by atoms with Gasteiger partial charge in [-0.3, -0.25) is 14.2 Å². The summed E-state index contributed by atoms with van der Waals surface area (Å²) in [5.41, 5.74) is -2.95. The van der Waals surface area contributed by atoms with Gasteiger partial charge in [0.1, 0.15) is 0 Å². The number of amides is 1. The Balaban J connectivity index is 2.10. The molecule has 0 bridgehead atoms. The van der Waals surface area contributed by atoms with E-state index in [0.29, 0.717) is 16.8 Å². The molecule has 174 valence electrons. The van der Waals surface area contributed by atoms with Crippen LogP contribution in [0.5, 0.6) is 0 Å². The van der Waals surface area contributed by atoms with Crippen molar-refractivity contribution in [1.29, 1.82) is 0 Å². The maximum absolute atomic E-state index is 13.1. The van der Waals surface area contributed by atoms with Gasteiger partial charge >= 0.3 is 11.9 Å². The summed E-state index contributed by atoms with van der Waals surface area (Å²) in [5.74, 6) is -0.788. The number of para-hydroxylation sites is 1. The van der Waals surface area contributed by atoms with Gasteiger partial charge in [-0.1, -0.05) is 30.3 Å². The molecule has 0 saturated carbocycles. The number of rotatable bonds is 7. The van der Waals surface area contributed by atoms with Crippen LogP contribution in [-0.2, 0) is 12.7 Å². The van der Waals surface area contributed by atoms with Gasteiger partial charge < -0.3 is 10.2 Å². The standard InChI is InChI=1S/C22H22F3N5O3/c1-28(2)12-11-26-19(31)18-20(32)29(14-15-7-6-8-16(13-15)22(23,24)25)21(33)30(27-18)17-9-4-3-5-10-17/h3-10,13H,11-12,14H2,1-2H3,(H,26,31). The number of hydrogen-bond donors (Lipinski definition) is 1. The molecule has 0 radical (unpaired) electrons. The highest BCUT2D eigenvalue weighted by Gasteiger charge is 2.30. The Morgan fingerprint density at radius 1 is 1.06 bits per heavy atom. The Labute approximate surface area is 186 Å². The van der Waals surface area contributed by atoms with Crippen molar-refractivity contribution in [1.82, 2.24) is 24.6 Å². The van der Waals surface area contributed by atoms with Gasteiger partial charge in [0.05, 0.1) is 17.8 Å². The van der Waals surface area contributed by atoms with Crippen molar-refractivity contribution in [2.24, 2.45) is 0 Å². The Hall–Kier alpha value is -3.73. The molecule has 0 aliphatic rings. The van der Waals surface area contributed by atoms with Crippen LogP contribution in [0.1, 0.15) is 21.6 Å². The number of aromatic nitrogens is 3. The second-order valence-corrected chi connectivity index (χ2v) is 7.53. The first-order chi connectivity index (χ1) is 15.6. The molecule has 3 aromatic rings. The van der Waals surface area contributed by atoms with Crippen molar-refractivity contribution in [2.75, 3.05) is 27.2 Å². The minimum atomic E-state index is -4.58. The molecule has 3 rings (SSSR count). The minimum Gasteiger partial charge on any atom is -0.349 e. The monoisotopic (exact) mass is 461 g/mol.